The van der Waals surface area contributed by atoms with Crippen LogP contribution in [0.5, 0.6) is 0 Å². The van der Waals surface area contributed by atoms with E-state index in [1.54, 1.807) is 6.20 Å². The van der Waals surface area contributed by atoms with Crippen LogP contribution in [0.2, 0.25) is 0 Å². The molecule has 0 fully saturated rings. The van der Waals surface area contributed by atoms with E-state index in [4.69, 9.17) is 5.26 Å². The van der Waals surface area contributed by atoms with Gasteiger partial charge in [-0.1, -0.05) is 37.1 Å². The largest absolute Gasteiger partial charge is 0.198 e. The summed E-state index contributed by atoms with van der Waals surface area (Å²) in [4.78, 5) is 0. The van der Waals surface area contributed by atoms with Crippen molar-refractivity contribution in [1.82, 2.24) is 30.8 Å². The minimum Gasteiger partial charge on any atom is -0.198 e. The molecule has 128 valence electrons. The Balaban J connectivity index is 1.79. The standard InChI is InChI=1S/C19H17N7/c20-11-7-3-1-2-4-10-16-17-14-9-6-5-8-13(14)15-12-21-25-23-18(15)19(17)24-26-22-16/h5-6,8-9,12H,1-4,7,10H2. The second-order valence-corrected chi connectivity index (χ2v) is 6.27. The lowest BCUT2D eigenvalue weighted by atomic mass is 9.98. The summed E-state index contributed by atoms with van der Waals surface area (Å²) in [6.07, 6.45) is 7.27. The smallest absolute Gasteiger partial charge is 0.125 e. The van der Waals surface area contributed by atoms with E-state index in [1.807, 2.05) is 12.1 Å². The Morgan fingerprint density at radius 1 is 0.808 bits per heavy atom. The molecule has 0 aliphatic heterocycles. The SMILES string of the molecule is N#CCCCCCCc1nnnc2c3nnncc3c3ccccc3c12. The van der Waals surface area contributed by atoms with Crippen LogP contribution < -0.4 is 0 Å². The predicted octanol–water partition coefficient (Wildman–Crippen LogP) is 3.53. The number of fused-ring (bicyclic) bond motifs is 6. The van der Waals surface area contributed by atoms with Gasteiger partial charge in [0.15, 0.2) is 0 Å². The zero-order valence-corrected chi connectivity index (χ0v) is 14.3. The molecular formula is C19H17N7. The molecular weight excluding hydrogens is 326 g/mol. The van der Waals surface area contributed by atoms with Gasteiger partial charge in [0, 0.05) is 17.2 Å². The van der Waals surface area contributed by atoms with Crippen LogP contribution in [0.1, 0.15) is 37.8 Å². The maximum atomic E-state index is 8.62. The molecule has 2 heterocycles. The van der Waals surface area contributed by atoms with Crippen LogP contribution in [0, 0.1) is 11.3 Å². The van der Waals surface area contributed by atoms with E-state index in [0.717, 1.165) is 64.9 Å². The minimum atomic E-state index is 0.626. The molecule has 0 saturated heterocycles. The Bertz CT molecular complexity index is 1070. The number of nitrogens with zero attached hydrogens (tertiary/aromatic N) is 7. The van der Waals surface area contributed by atoms with E-state index in [2.05, 4.69) is 49.0 Å². The van der Waals surface area contributed by atoms with Crippen molar-refractivity contribution in [3.8, 4) is 6.07 Å². The molecule has 0 aliphatic carbocycles. The van der Waals surface area contributed by atoms with Gasteiger partial charge in [-0.15, -0.1) is 20.4 Å². The Hall–Kier alpha value is -3.27. The zero-order valence-electron chi connectivity index (χ0n) is 14.3. The van der Waals surface area contributed by atoms with Crippen LogP contribution in [-0.2, 0) is 6.42 Å². The lowest BCUT2D eigenvalue weighted by Gasteiger charge is -2.10. The van der Waals surface area contributed by atoms with Crippen molar-refractivity contribution in [2.75, 3.05) is 0 Å². The summed E-state index contributed by atoms with van der Waals surface area (Å²) in [7, 11) is 0. The molecule has 7 heteroatoms. The summed E-state index contributed by atoms with van der Waals surface area (Å²) in [6, 6.07) is 10.4. The molecule has 2 aromatic heterocycles. The first-order valence-corrected chi connectivity index (χ1v) is 8.78. The first kappa shape index (κ1) is 16.2. The summed E-state index contributed by atoms with van der Waals surface area (Å²) in [5.41, 5.74) is 2.37. The van der Waals surface area contributed by atoms with Crippen LogP contribution in [0.15, 0.2) is 30.5 Å². The van der Waals surface area contributed by atoms with Crippen LogP contribution >= 0.6 is 0 Å². The molecule has 0 bridgehead atoms. The normalized spacial score (nSPS) is 11.2. The second-order valence-electron chi connectivity index (χ2n) is 6.27. The van der Waals surface area contributed by atoms with Gasteiger partial charge in [0.2, 0.25) is 0 Å². The van der Waals surface area contributed by atoms with Crippen molar-refractivity contribution in [3.05, 3.63) is 36.2 Å². The number of aromatic nitrogens is 6. The first-order chi connectivity index (χ1) is 12.9. The molecule has 4 rings (SSSR count). The number of hydrogen-bond acceptors (Lipinski definition) is 7. The van der Waals surface area contributed by atoms with Gasteiger partial charge < -0.3 is 0 Å². The van der Waals surface area contributed by atoms with Gasteiger partial charge in [0.25, 0.3) is 0 Å². The third-order valence-electron chi connectivity index (χ3n) is 4.64. The maximum absolute atomic E-state index is 8.62. The van der Waals surface area contributed by atoms with Gasteiger partial charge in [0.1, 0.15) is 11.0 Å². The van der Waals surface area contributed by atoms with Crippen LogP contribution in [0.4, 0.5) is 0 Å². The molecule has 0 spiro atoms. The number of hydrogen-bond donors (Lipinski definition) is 0. The highest BCUT2D eigenvalue weighted by Gasteiger charge is 2.15. The van der Waals surface area contributed by atoms with Crippen LogP contribution in [-0.4, -0.2) is 30.8 Å². The molecule has 26 heavy (non-hydrogen) atoms. The summed E-state index contributed by atoms with van der Waals surface area (Å²) in [5, 5.41) is 37.2. The predicted molar refractivity (Wildman–Crippen MR) is 98.1 cm³/mol. The lowest BCUT2D eigenvalue weighted by Crippen LogP contribution is -2.01. The highest BCUT2D eigenvalue weighted by molar-refractivity contribution is 6.23. The fourth-order valence-electron chi connectivity index (χ4n) is 3.41. The third kappa shape index (κ3) is 2.90. The van der Waals surface area contributed by atoms with E-state index in [9.17, 15) is 0 Å². The fourth-order valence-corrected chi connectivity index (χ4v) is 3.41. The highest BCUT2D eigenvalue weighted by atomic mass is 15.3. The fraction of sp³-hybridized carbons (Fsp3) is 0.316. The average Bonchev–Trinajstić information content (AvgIpc) is 2.71. The maximum Gasteiger partial charge on any atom is 0.125 e. The second kappa shape index (κ2) is 7.31. The van der Waals surface area contributed by atoms with Crippen molar-refractivity contribution in [2.45, 2.75) is 38.5 Å². The highest BCUT2D eigenvalue weighted by Crippen LogP contribution is 2.33. The summed E-state index contributed by atoms with van der Waals surface area (Å²) >= 11 is 0. The van der Waals surface area contributed by atoms with Crippen molar-refractivity contribution in [2.24, 2.45) is 0 Å². The van der Waals surface area contributed by atoms with Crippen molar-refractivity contribution < 1.29 is 0 Å². The molecule has 0 saturated carbocycles. The molecule has 0 N–H and O–H groups in total. The van der Waals surface area contributed by atoms with Gasteiger partial charge in [-0.3, -0.25) is 0 Å². The topological polar surface area (TPSA) is 101 Å². The lowest BCUT2D eigenvalue weighted by molar-refractivity contribution is 0.640. The molecule has 2 aromatic carbocycles. The van der Waals surface area contributed by atoms with Crippen LogP contribution in [0.25, 0.3) is 32.6 Å². The monoisotopic (exact) mass is 343 g/mol. The van der Waals surface area contributed by atoms with E-state index >= 15 is 0 Å². The molecule has 0 atom stereocenters. The zero-order chi connectivity index (χ0) is 17.8. The molecule has 0 unspecified atom stereocenters. The summed E-state index contributed by atoms with van der Waals surface area (Å²) in [6.45, 7) is 0. The van der Waals surface area contributed by atoms with Gasteiger partial charge in [-0.05, 0) is 40.5 Å². The number of nitriles is 1. The van der Waals surface area contributed by atoms with Gasteiger partial charge in [-0.2, -0.15) is 5.26 Å². The minimum absolute atomic E-state index is 0.626. The third-order valence-corrected chi connectivity index (χ3v) is 4.64. The molecule has 4 aromatic rings. The van der Waals surface area contributed by atoms with E-state index in [0.29, 0.717) is 11.9 Å². The number of benzene rings is 2. The van der Waals surface area contributed by atoms with Gasteiger partial charge in [-0.25, -0.2) is 0 Å². The molecule has 0 amide bonds. The average molecular weight is 343 g/mol. The first-order valence-electron chi connectivity index (χ1n) is 8.78. The quantitative estimate of drug-likeness (QED) is 0.390. The van der Waals surface area contributed by atoms with Crippen LogP contribution in [0.3, 0.4) is 0 Å². The number of rotatable bonds is 6. The van der Waals surface area contributed by atoms with E-state index in [-0.39, 0.29) is 0 Å². The molecule has 0 aliphatic rings. The Kier molecular flexibility index (Phi) is 4.56. The molecule has 0 radical (unpaired) electrons. The summed E-state index contributed by atoms with van der Waals surface area (Å²) in [5.74, 6) is 0. The summed E-state index contributed by atoms with van der Waals surface area (Å²) < 4.78 is 0. The van der Waals surface area contributed by atoms with E-state index < -0.39 is 0 Å². The molecule has 7 nitrogen and oxygen atoms in total. The van der Waals surface area contributed by atoms with E-state index in [1.165, 1.54) is 0 Å². The number of aryl methyl sites for hydroxylation is 1. The van der Waals surface area contributed by atoms with Gasteiger partial charge >= 0.3 is 0 Å². The van der Waals surface area contributed by atoms with Gasteiger partial charge in [0.05, 0.1) is 18.0 Å². The Labute approximate surface area is 150 Å². The van der Waals surface area contributed by atoms with Crippen molar-refractivity contribution in [3.63, 3.8) is 0 Å². The van der Waals surface area contributed by atoms with Crippen molar-refractivity contribution >= 4 is 32.6 Å². The Morgan fingerprint density at radius 2 is 1.62 bits per heavy atom. The van der Waals surface area contributed by atoms with Crippen molar-refractivity contribution in [1.29, 1.82) is 5.26 Å². The number of unbranched alkanes of at least 4 members (excludes halogenated alkanes) is 4. The Morgan fingerprint density at radius 3 is 2.50 bits per heavy atom.